The quantitative estimate of drug-likeness (QED) is 0.223. The van der Waals surface area contributed by atoms with Crippen LogP contribution in [-0.2, 0) is 0 Å². The van der Waals surface area contributed by atoms with Gasteiger partial charge in [0.2, 0.25) is 0 Å². The van der Waals surface area contributed by atoms with Crippen LogP contribution in [0.15, 0.2) is 78.9 Å². The highest BCUT2D eigenvalue weighted by Gasteiger charge is 2.22. The van der Waals surface area contributed by atoms with Crippen molar-refractivity contribution < 1.29 is 4.79 Å². The molecule has 0 heterocycles. The lowest BCUT2D eigenvalue weighted by Crippen LogP contribution is -1.86. The second-order valence-electron chi connectivity index (χ2n) is 7.64. The molecule has 0 saturated heterocycles. The van der Waals surface area contributed by atoms with Crippen LogP contribution in [0, 0.1) is 0 Å². The van der Waals surface area contributed by atoms with Crippen molar-refractivity contribution in [3.05, 3.63) is 84.4 Å². The number of fused-ring (bicyclic) bond motifs is 8. The maximum atomic E-state index is 12.1. The average molecular weight is 354 g/mol. The molecule has 1 heteroatoms. The van der Waals surface area contributed by atoms with E-state index in [1.54, 1.807) is 0 Å². The Balaban J connectivity index is 2.02. The first kappa shape index (κ1) is 14.4. The van der Waals surface area contributed by atoms with Gasteiger partial charge in [-0.15, -0.1) is 0 Å². The van der Waals surface area contributed by atoms with E-state index in [0.717, 1.165) is 17.2 Å². The summed E-state index contributed by atoms with van der Waals surface area (Å²) in [7, 11) is 0. The van der Waals surface area contributed by atoms with E-state index in [1.165, 1.54) is 59.2 Å². The molecular formula is C27H14O. The summed E-state index contributed by atoms with van der Waals surface area (Å²) in [5.41, 5.74) is 0.774. The maximum absolute atomic E-state index is 12.1. The van der Waals surface area contributed by atoms with E-state index in [4.69, 9.17) is 0 Å². The van der Waals surface area contributed by atoms with E-state index in [-0.39, 0.29) is 0 Å². The highest BCUT2D eigenvalue weighted by molar-refractivity contribution is 6.48. The molecule has 7 aromatic carbocycles. The van der Waals surface area contributed by atoms with Crippen molar-refractivity contribution in [2.24, 2.45) is 0 Å². The number of carbonyl (C=O) groups excluding carboxylic acids is 1. The molecule has 0 aliphatic heterocycles. The van der Waals surface area contributed by atoms with Crippen LogP contribution in [0.4, 0.5) is 0 Å². The molecule has 0 saturated carbocycles. The van der Waals surface area contributed by atoms with E-state index in [1.807, 2.05) is 6.07 Å². The summed E-state index contributed by atoms with van der Waals surface area (Å²) >= 11 is 0. The lowest BCUT2D eigenvalue weighted by molar-refractivity contribution is 0.112. The normalized spacial score (nSPS) is 12.4. The molecule has 7 aromatic rings. The van der Waals surface area contributed by atoms with Gasteiger partial charge < -0.3 is 0 Å². The van der Waals surface area contributed by atoms with E-state index in [9.17, 15) is 4.79 Å². The molecule has 0 radical (unpaired) electrons. The highest BCUT2D eigenvalue weighted by Crippen LogP contribution is 2.50. The van der Waals surface area contributed by atoms with Crippen LogP contribution in [0.25, 0.3) is 64.6 Å². The summed E-state index contributed by atoms with van der Waals surface area (Å²) in [5, 5.41) is 14.9. The van der Waals surface area contributed by atoms with Crippen molar-refractivity contribution in [3.8, 4) is 0 Å². The number of carbonyl (C=O) groups is 1. The zero-order valence-corrected chi connectivity index (χ0v) is 15.0. The second kappa shape index (κ2) is 4.76. The second-order valence-corrected chi connectivity index (χ2v) is 7.64. The fourth-order valence-electron chi connectivity index (χ4n) is 5.41. The van der Waals surface area contributed by atoms with Crippen molar-refractivity contribution in [3.63, 3.8) is 0 Å². The molecule has 0 bridgehead atoms. The van der Waals surface area contributed by atoms with Crippen molar-refractivity contribution in [2.75, 3.05) is 0 Å². The van der Waals surface area contributed by atoms with Crippen molar-refractivity contribution >= 4 is 70.9 Å². The average Bonchev–Trinajstić information content (AvgIpc) is 3.27. The molecule has 128 valence electrons. The summed E-state index contributed by atoms with van der Waals surface area (Å²) in [5.74, 6) is 0. The van der Waals surface area contributed by atoms with Gasteiger partial charge in [-0.05, 0) is 59.2 Å². The van der Waals surface area contributed by atoms with Gasteiger partial charge in [0.1, 0.15) is 0 Å². The van der Waals surface area contributed by atoms with E-state index in [0.29, 0.717) is 0 Å². The topological polar surface area (TPSA) is 17.1 Å². The third-order valence-electron chi connectivity index (χ3n) is 6.42. The number of benzene rings is 5. The first-order valence-electron chi connectivity index (χ1n) is 9.58. The Bertz CT molecular complexity index is 1720. The van der Waals surface area contributed by atoms with Crippen LogP contribution in [0.3, 0.4) is 0 Å². The van der Waals surface area contributed by atoms with Gasteiger partial charge in [0, 0.05) is 10.9 Å². The van der Waals surface area contributed by atoms with Crippen molar-refractivity contribution in [1.82, 2.24) is 0 Å². The van der Waals surface area contributed by atoms with Gasteiger partial charge in [-0.3, -0.25) is 4.79 Å². The van der Waals surface area contributed by atoms with Crippen LogP contribution in [0.1, 0.15) is 10.4 Å². The lowest BCUT2D eigenvalue weighted by Gasteiger charge is -2.09. The standard InChI is InChI=1S/C27H14O/c28-14-15-12-13-21-17-7-1-3-8-18(17)24-22-11-5-10-19-16-6-2-4-9-20(16)26(25(19)22)23(15)27(21)24/h1-14H. The third-order valence-corrected chi connectivity index (χ3v) is 6.42. The third kappa shape index (κ3) is 1.46. The molecule has 0 fully saturated rings. The molecule has 0 amide bonds. The minimum absolute atomic E-state index is 0.774. The Morgan fingerprint density at radius 2 is 0.857 bits per heavy atom. The lowest BCUT2D eigenvalue weighted by atomic mass is 9.93. The van der Waals surface area contributed by atoms with Crippen LogP contribution < -0.4 is 0 Å². The Morgan fingerprint density at radius 1 is 0.393 bits per heavy atom. The molecule has 7 rings (SSSR count). The smallest absolute Gasteiger partial charge is 0.150 e. The first-order valence-corrected chi connectivity index (χ1v) is 9.58. The van der Waals surface area contributed by atoms with Gasteiger partial charge in [0.05, 0.1) is 0 Å². The Kier molecular flexibility index (Phi) is 2.44. The zero-order valence-electron chi connectivity index (χ0n) is 15.0. The molecule has 1 nitrogen and oxygen atoms in total. The van der Waals surface area contributed by atoms with E-state index < -0.39 is 0 Å². The summed E-state index contributed by atoms with van der Waals surface area (Å²) in [4.78, 5) is 12.1. The Labute approximate surface area is 160 Å². The molecule has 0 aromatic heterocycles. The molecule has 0 unspecified atom stereocenters. The summed E-state index contributed by atoms with van der Waals surface area (Å²) in [6.07, 6.45) is 1.01. The predicted molar refractivity (Wildman–Crippen MR) is 119 cm³/mol. The fraction of sp³-hybridized carbons (Fsp3) is 0. The van der Waals surface area contributed by atoms with E-state index in [2.05, 4.69) is 72.8 Å². The molecule has 0 atom stereocenters. The minimum Gasteiger partial charge on any atom is -0.298 e. The molecular weight excluding hydrogens is 340 g/mol. The largest absolute Gasteiger partial charge is 0.298 e. The summed E-state index contributed by atoms with van der Waals surface area (Å²) in [6, 6.07) is 27.9. The number of hydrogen-bond donors (Lipinski definition) is 0. The van der Waals surface area contributed by atoms with Crippen LogP contribution in [0.2, 0.25) is 0 Å². The predicted octanol–water partition coefficient (Wildman–Crippen LogP) is 7.29. The van der Waals surface area contributed by atoms with Gasteiger partial charge in [-0.25, -0.2) is 0 Å². The van der Waals surface area contributed by atoms with Crippen molar-refractivity contribution in [1.29, 1.82) is 0 Å². The number of hydrogen-bond acceptors (Lipinski definition) is 1. The fourth-order valence-corrected chi connectivity index (χ4v) is 5.41. The SMILES string of the molecule is O=Cc1ccc2c3ccccc3c3c4cccc5c6ccccc6c(c1c23)c54. The first-order chi connectivity index (χ1) is 13.9. The number of aldehydes is 1. The van der Waals surface area contributed by atoms with Crippen molar-refractivity contribution in [2.45, 2.75) is 0 Å². The van der Waals surface area contributed by atoms with Gasteiger partial charge >= 0.3 is 0 Å². The maximum Gasteiger partial charge on any atom is 0.150 e. The monoisotopic (exact) mass is 354 g/mol. The Morgan fingerprint density at radius 3 is 1.46 bits per heavy atom. The molecule has 0 aliphatic rings. The molecule has 0 spiro atoms. The van der Waals surface area contributed by atoms with Crippen LogP contribution in [0.5, 0.6) is 0 Å². The minimum atomic E-state index is 0.774. The van der Waals surface area contributed by atoms with E-state index >= 15 is 0 Å². The summed E-state index contributed by atoms with van der Waals surface area (Å²) in [6.45, 7) is 0. The highest BCUT2D eigenvalue weighted by atomic mass is 16.1. The van der Waals surface area contributed by atoms with Gasteiger partial charge in [-0.2, -0.15) is 0 Å². The molecule has 0 N–H and O–H groups in total. The Hall–Kier alpha value is -3.71. The number of rotatable bonds is 1. The molecule has 28 heavy (non-hydrogen) atoms. The van der Waals surface area contributed by atoms with Crippen LogP contribution in [-0.4, -0.2) is 6.29 Å². The van der Waals surface area contributed by atoms with Gasteiger partial charge in [-0.1, -0.05) is 78.9 Å². The van der Waals surface area contributed by atoms with Crippen LogP contribution >= 0.6 is 0 Å². The van der Waals surface area contributed by atoms with Gasteiger partial charge in [0.25, 0.3) is 0 Å². The zero-order chi connectivity index (χ0) is 18.4. The van der Waals surface area contributed by atoms with Gasteiger partial charge in [0.15, 0.2) is 6.29 Å². The summed E-state index contributed by atoms with van der Waals surface area (Å²) < 4.78 is 0. The molecule has 0 aliphatic carbocycles.